The molecule has 1 heterocycles. The molecule has 0 unspecified atom stereocenters. The van der Waals surface area contributed by atoms with Crippen LogP contribution in [0.3, 0.4) is 0 Å². The molecule has 2 aromatic carbocycles. The zero-order chi connectivity index (χ0) is 13.4. The largest absolute Gasteiger partial charge is 0.453 e. The van der Waals surface area contributed by atoms with Crippen molar-refractivity contribution < 1.29 is 9.21 Å². The van der Waals surface area contributed by atoms with Gasteiger partial charge in [-0.3, -0.25) is 4.79 Å². The van der Waals surface area contributed by atoms with Crippen LogP contribution in [0.1, 0.15) is 21.7 Å². The van der Waals surface area contributed by atoms with Gasteiger partial charge in [-0.05, 0) is 37.3 Å². The molecule has 1 aromatic heterocycles. The number of carbonyl (C=O) groups excluding carboxylic acids is 1. The number of anilines is 1. The molecular weight excluding hydrogens is 238 g/mol. The van der Waals surface area contributed by atoms with Crippen LogP contribution in [-0.4, -0.2) is 5.78 Å². The monoisotopic (exact) mass is 251 g/mol. The van der Waals surface area contributed by atoms with E-state index in [4.69, 9.17) is 10.2 Å². The van der Waals surface area contributed by atoms with Crippen molar-refractivity contribution in [3.8, 4) is 0 Å². The average Bonchev–Trinajstić information content (AvgIpc) is 2.80. The van der Waals surface area contributed by atoms with Crippen molar-refractivity contribution >= 4 is 22.4 Å². The predicted octanol–water partition coefficient (Wildman–Crippen LogP) is 3.55. The number of hydrogen-bond acceptors (Lipinski definition) is 3. The molecule has 2 N–H and O–H groups in total. The fourth-order valence-corrected chi connectivity index (χ4v) is 2.10. The molecule has 3 rings (SSSR count). The molecule has 19 heavy (non-hydrogen) atoms. The zero-order valence-electron chi connectivity index (χ0n) is 10.5. The predicted molar refractivity (Wildman–Crippen MR) is 75.2 cm³/mol. The summed E-state index contributed by atoms with van der Waals surface area (Å²) in [6.45, 7) is 2.01. The highest BCUT2D eigenvalue weighted by Crippen LogP contribution is 2.23. The van der Waals surface area contributed by atoms with Gasteiger partial charge in [-0.15, -0.1) is 0 Å². The fraction of sp³-hybridized carbons (Fsp3) is 0.0625. The third kappa shape index (κ3) is 2.10. The van der Waals surface area contributed by atoms with Gasteiger partial charge < -0.3 is 10.2 Å². The van der Waals surface area contributed by atoms with Crippen LogP contribution in [0.4, 0.5) is 5.69 Å². The summed E-state index contributed by atoms with van der Waals surface area (Å²) in [4.78, 5) is 12.3. The lowest BCUT2D eigenvalue weighted by molar-refractivity contribution is 0.101. The van der Waals surface area contributed by atoms with Gasteiger partial charge in [0.25, 0.3) is 0 Å². The van der Waals surface area contributed by atoms with E-state index in [9.17, 15) is 4.79 Å². The van der Waals surface area contributed by atoms with Crippen LogP contribution in [0.15, 0.2) is 52.9 Å². The van der Waals surface area contributed by atoms with Crippen molar-refractivity contribution in [2.24, 2.45) is 0 Å². The number of nitrogen functional groups attached to an aromatic ring is 1. The summed E-state index contributed by atoms with van der Waals surface area (Å²) >= 11 is 0. The number of hydrogen-bond donors (Lipinski definition) is 1. The lowest BCUT2D eigenvalue weighted by Crippen LogP contribution is -2.00. The molecule has 0 radical (unpaired) electrons. The zero-order valence-corrected chi connectivity index (χ0v) is 10.5. The lowest BCUT2D eigenvalue weighted by atomic mass is 10.1. The molecule has 0 saturated heterocycles. The van der Waals surface area contributed by atoms with Crippen molar-refractivity contribution in [1.82, 2.24) is 0 Å². The minimum Gasteiger partial charge on any atom is -0.453 e. The summed E-state index contributed by atoms with van der Waals surface area (Å²) in [7, 11) is 0. The first kappa shape index (κ1) is 11.5. The Bertz CT molecular complexity index is 771. The van der Waals surface area contributed by atoms with Crippen LogP contribution in [0.5, 0.6) is 0 Å². The highest BCUT2D eigenvalue weighted by atomic mass is 16.3. The Kier molecular flexibility index (Phi) is 2.60. The van der Waals surface area contributed by atoms with E-state index in [0.717, 1.165) is 16.5 Å². The number of nitrogens with two attached hydrogens (primary N) is 1. The van der Waals surface area contributed by atoms with E-state index in [1.807, 2.05) is 25.1 Å². The lowest BCUT2D eigenvalue weighted by Gasteiger charge is -1.98. The number of carbonyl (C=O) groups is 1. The van der Waals surface area contributed by atoms with Crippen LogP contribution in [-0.2, 0) is 0 Å². The van der Waals surface area contributed by atoms with E-state index < -0.39 is 0 Å². The number of fused-ring (bicyclic) bond motifs is 1. The van der Waals surface area contributed by atoms with Gasteiger partial charge >= 0.3 is 0 Å². The second-order valence-corrected chi connectivity index (χ2v) is 4.61. The van der Waals surface area contributed by atoms with Crippen LogP contribution in [0.25, 0.3) is 11.0 Å². The van der Waals surface area contributed by atoms with Crippen molar-refractivity contribution in [3.63, 3.8) is 0 Å². The molecule has 0 amide bonds. The highest BCUT2D eigenvalue weighted by Gasteiger charge is 2.14. The second kappa shape index (κ2) is 4.28. The molecule has 3 aromatic rings. The van der Waals surface area contributed by atoms with Gasteiger partial charge in [0, 0.05) is 16.6 Å². The molecule has 0 spiro atoms. The fourth-order valence-electron chi connectivity index (χ4n) is 2.10. The van der Waals surface area contributed by atoms with E-state index >= 15 is 0 Å². The minimum atomic E-state index is -0.152. The maximum Gasteiger partial charge on any atom is 0.228 e. The van der Waals surface area contributed by atoms with Crippen molar-refractivity contribution in [1.29, 1.82) is 0 Å². The van der Waals surface area contributed by atoms with Crippen molar-refractivity contribution in [2.45, 2.75) is 6.92 Å². The number of ketones is 1. The Hall–Kier alpha value is -2.55. The first-order valence-corrected chi connectivity index (χ1v) is 6.04. The Balaban J connectivity index is 2.06. The SMILES string of the molecule is Cc1ccc2oc(C(=O)c3cccc(N)c3)cc2c1. The van der Waals surface area contributed by atoms with Gasteiger partial charge in [-0.1, -0.05) is 23.8 Å². The third-order valence-corrected chi connectivity index (χ3v) is 3.04. The molecule has 3 nitrogen and oxygen atoms in total. The second-order valence-electron chi connectivity index (χ2n) is 4.61. The summed E-state index contributed by atoms with van der Waals surface area (Å²) in [6, 6.07) is 14.5. The Morgan fingerprint density at radius 2 is 1.95 bits per heavy atom. The maximum absolute atomic E-state index is 12.3. The van der Waals surface area contributed by atoms with Crippen molar-refractivity contribution in [2.75, 3.05) is 5.73 Å². The Morgan fingerprint density at radius 1 is 1.11 bits per heavy atom. The van der Waals surface area contributed by atoms with E-state index in [2.05, 4.69) is 0 Å². The van der Waals surface area contributed by atoms with Crippen LogP contribution < -0.4 is 5.73 Å². The quantitative estimate of drug-likeness (QED) is 0.559. The van der Waals surface area contributed by atoms with Gasteiger partial charge in [-0.2, -0.15) is 0 Å². The Morgan fingerprint density at radius 3 is 2.74 bits per heavy atom. The molecule has 0 aliphatic rings. The number of benzene rings is 2. The van der Waals surface area contributed by atoms with Crippen LogP contribution in [0.2, 0.25) is 0 Å². The first-order valence-electron chi connectivity index (χ1n) is 6.04. The molecular formula is C16H13NO2. The van der Waals surface area contributed by atoms with Crippen LogP contribution in [0, 0.1) is 6.92 Å². The van der Waals surface area contributed by atoms with E-state index in [1.165, 1.54) is 0 Å². The molecule has 0 fully saturated rings. The highest BCUT2D eigenvalue weighted by molar-refractivity contribution is 6.09. The Labute approximate surface area is 110 Å². The van der Waals surface area contributed by atoms with E-state index in [1.54, 1.807) is 30.3 Å². The normalized spacial score (nSPS) is 10.8. The summed E-state index contributed by atoms with van der Waals surface area (Å²) < 4.78 is 5.59. The topological polar surface area (TPSA) is 56.2 Å². The van der Waals surface area contributed by atoms with Gasteiger partial charge in [0.05, 0.1) is 0 Å². The summed E-state index contributed by atoms with van der Waals surface area (Å²) in [5, 5.41) is 0.937. The molecule has 3 heteroatoms. The third-order valence-electron chi connectivity index (χ3n) is 3.04. The molecule has 0 atom stereocenters. The average molecular weight is 251 g/mol. The minimum absolute atomic E-state index is 0.152. The standard InChI is InChI=1S/C16H13NO2/c1-10-5-6-14-12(7-10)9-15(19-14)16(18)11-3-2-4-13(17)8-11/h2-9H,17H2,1H3. The molecule has 0 bridgehead atoms. The van der Waals surface area contributed by atoms with E-state index in [-0.39, 0.29) is 5.78 Å². The van der Waals surface area contributed by atoms with Crippen LogP contribution >= 0.6 is 0 Å². The molecule has 0 aliphatic heterocycles. The number of aryl methyl sites for hydroxylation is 1. The molecule has 0 saturated carbocycles. The number of rotatable bonds is 2. The van der Waals surface area contributed by atoms with Gasteiger partial charge in [0.1, 0.15) is 5.58 Å². The number of furan rings is 1. The summed E-state index contributed by atoms with van der Waals surface area (Å²) in [5.41, 5.74) is 8.65. The van der Waals surface area contributed by atoms with Gasteiger partial charge in [-0.25, -0.2) is 0 Å². The van der Waals surface area contributed by atoms with Crippen molar-refractivity contribution in [3.05, 3.63) is 65.4 Å². The summed E-state index contributed by atoms with van der Waals surface area (Å²) in [5.74, 6) is 0.187. The molecule has 0 aliphatic carbocycles. The smallest absolute Gasteiger partial charge is 0.228 e. The summed E-state index contributed by atoms with van der Waals surface area (Å²) in [6.07, 6.45) is 0. The van der Waals surface area contributed by atoms with Gasteiger partial charge in [0.15, 0.2) is 5.76 Å². The first-order chi connectivity index (χ1) is 9.13. The molecule has 94 valence electrons. The maximum atomic E-state index is 12.3. The van der Waals surface area contributed by atoms with E-state index in [0.29, 0.717) is 17.0 Å². The van der Waals surface area contributed by atoms with Gasteiger partial charge in [0.2, 0.25) is 5.78 Å².